The van der Waals surface area contributed by atoms with E-state index < -0.39 is 0 Å². The van der Waals surface area contributed by atoms with Crippen LogP contribution in [0.4, 0.5) is 0 Å². The summed E-state index contributed by atoms with van der Waals surface area (Å²) in [5, 5.41) is 14.8. The molecule has 1 fully saturated rings. The van der Waals surface area contributed by atoms with Gasteiger partial charge in [0.25, 0.3) is 0 Å². The van der Waals surface area contributed by atoms with Gasteiger partial charge in [0.1, 0.15) is 0 Å². The average Bonchev–Trinajstić information content (AvgIpc) is 3.19. The molecule has 0 unspecified atom stereocenters. The molecule has 0 radical (unpaired) electrons. The average molecular weight is 371 g/mol. The second kappa shape index (κ2) is 9.16. The smallest absolute Gasteiger partial charge is 0.244 e. The molecule has 144 valence electrons. The van der Waals surface area contributed by atoms with Crippen molar-refractivity contribution in [3.8, 4) is 11.5 Å². The Bertz CT molecular complexity index is 796. The lowest BCUT2D eigenvalue weighted by atomic mass is 9.95. The van der Waals surface area contributed by atoms with Gasteiger partial charge in [0.2, 0.25) is 5.91 Å². The maximum Gasteiger partial charge on any atom is 0.244 e. The summed E-state index contributed by atoms with van der Waals surface area (Å²) in [4.78, 5) is 12.1. The van der Waals surface area contributed by atoms with Gasteiger partial charge < -0.3 is 14.8 Å². The molecule has 1 aromatic heterocycles. The molecule has 0 aliphatic heterocycles. The molecule has 1 saturated carbocycles. The Balaban J connectivity index is 1.57. The first-order valence-corrected chi connectivity index (χ1v) is 9.16. The van der Waals surface area contributed by atoms with Gasteiger partial charge in [-0.2, -0.15) is 0 Å². The second-order valence-electron chi connectivity index (χ2n) is 6.50. The Morgan fingerprint density at radius 3 is 2.74 bits per heavy atom. The Morgan fingerprint density at radius 2 is 2.00 bits per heavy atom. The molecular formula is C19H25N5O3. The Labute approximate surface area is 158 Å². The molecule has 1 aliphatic carbocycles. The molecule has 0 spiro atoms. The fourth-order valence-corrected chi connectivity index (χ4v) is 3.29. The molecule has 1 aromatic carbocycles. The third kappa shape index (κ3) is 4.84. The molecule has 0 saturated heterocycles. The highest BCUT2D eigenvalue weighted by Crippen LogP contribution is 2.28. The van der Waals surface area contributed by atoms with Gasteiger partial charge in [0, 0.05) is 6.08 Å². The largest absolute Gasteiger partial charge is 0.493 e. The maximum absolute atomic E-state index is 12.1. The molecule has 8 heteroatoms. The number of tetrazole rings is 1. The van der Waals surface area contributed by atoms with Gasteiger partial charge in [0.05, 0.1) is 26.8 Å². The molecule has 0 bridgehead atoms. The summed E-state index contributed by atoms with van der Waals surface area (Å²) in [6, 6.07) is 5.80. The van der Waals surface area contributed by atoms with Gasteiger partial charge in [-0.3, -0.25) is 4.79 Å². The van der Waals surface area contributed by atoms with Crippen molar-refractivity contribution in [1.82, 2.24) is 25.5 Å². The molecule has 1 heterocycles. The number of amides is 1. The zero-order chi connectivity index (χ0) is 19.1. The number of rotatable bonds is 7. The van der Waals surface area contributed by atoms with Crippen LogP contribution in [-0.4, -0.2) is 40.3 Å². The molecule has 1 aliphatic rings. The summed E-state index contributed by atoms with van der Waals surface area (Å²) >= 11 is 0. The molecule has 0 atom stereocenters. The van der Waals surface area contributed by atoms with Crippen molar-refractivity contribution in [3.63, 3.8) is 0 Å². The molecule has 27 heavy (non-hydrogen) atoms. The van der Waals surface area contributed by atoms with E-state index in [0.29, 0.717) is 29.9 Å². The number of hydrogen-bond acceptors (Lipinski definition) is 6. The molecular weight excluding hydrogens is 346 g/mol. The fourth-order valence-electron chi connectivity index (χ4n) is 3.29. The minimum absolute atomic E-state index is 0.206. The van der Waals surface area contributed by atoms with Crippen molar-refractivity contribution < 1.29 is 14.3 Å². The topological polar surface area (TPSA) is 91.2 Å². The minimum Gasteiger partial charge on any atom is -0.493 e. The first-order chi connectivity index (χ1) is 13.2. The molecule has 8 nitrogen and oxygen atoms in total. The number of carbonyl (C=O) groups is 1. The number of benzene rings is 1. The maximum atomic E-state index is 12.1. The van der Waals surface area contributed by atoms with E-state index in [9.17, 15) is 4.79 Å². The van der Waals surface area contributed by atoms with Crippen molar-refractivity contribution in [1.29, 1.82) is 0 Å². The van der Waals surface area contributed by atoms with E-state index in [1.807, 2.05) is 16.8 Å². The highest BCUT2D eigenvalue weighted by atomic mass is 16.5. The van der Waals surface area contributed by atoms with E-state index in [1.54, 1.807) is 26.4 Å². The van der Waals surface area contributed by atoms with Crippen LogP contribution in [0.15, 0.2) is 24.3 Å². The Hall–Kier alpha value is -2.90. The quantitative estimate of drug-likeness (QED) is 0.752. The predicted octanol–water partition coefficient (Wildman–Crippen LogP) is 2.53. The normalized spacial score (nSPS) is 15.0. The summed E-state index contributed by atoms with van der Waals surface area (Å²) in [5.74, 6) is 1.75. The molecule has 1 N–H and O–H groups in total. The summed E-state index contributed by atoms with van der Waals surface area (Å²) in [6.07, 6.45) is 9.05. The first-order valence-electron chi connectivity index (χ1n) is 9.16. The van der Waals surface area contributed by atoms with Crippen LogP contribution in [0.2, 0.25) is 0 Å². The number of hydrogen-bond donors (Lipinski definition) is 1. The second-order valence-corrected chi connectivity index (χ2v) is 6.50. The molecule has 3 rings (SSSR count). The molecule has 1 amide bonds. The van der Waals surface area contributed by atoms with Crippen LogP contribution in [0.3, 0.4) is 0 Å². The summed E-state index contributed by atoms with van der Waals surface area (Å²) in [6.45, 7) is 0.304. The van der Waals surface area contributed by atoms with E-state index in [1.165, 1.54) is 25.3 Å². The van der Waals surface area contributed by atoms with Crippen molar-refractivity contribution in [2.24, 2.45) is 0 Å². The summed E-state index contributed by atoms with van der Waals surface area (Å²) in [7, 11) is 3.16. The summed E-state index contributed by atoms with van der Waals surface area (Å²) < 4.78 is 12.3. The predicted molar refractivity (Wildman–Crippen MR) is 100 cm³/mol. The number of nitrogens with zero attached hydrogens (tertiary/aromatic N) is 4. The van der Waals surface area contributed by atoms with E-state index in [-0.39, 0.29) is 5.91 Å². The van der Waals surface area contributed by atoms with Crippen molar-refractivity contribution in [2.45, 2.75) is 44.7 Å². The van der Waals surface area contributed by atoms with Crippen molar-refractivity contribution in [3.05, 3.63) is 35.7 Å². The zero-order valence-electron chi connectivity index (χ0n) is 15.7. The lowest BCUT2D eigenvalue weighted by Gasteiger charge is -2.22. The van der Waals surface area contributed by atoms with Crippen LogP contribution >= 0.6 is 0 Å². The number of methoxy groups -OCH3 is 2. The van der Waals surface area contributed by atoms with Gasteiger partial charge in [-0.1, -0.05) is 25.3 Å². The van der Waals surface area contributed by atoms with Gasteiger partial charge in [-0.25, -0.2) is 4.68 Å². The van der Waals surface area contributed by atoms with E-state index in [0.717, 1.165) is 18.4 Å². The lowest BCUT2D eigenvalue weighted by Crippen LogP contribution is -2.25. The van der Waals surface area contributed by atoms with Crippen LogP contribution in [0, 0.1) is 0 Å². The lowest BCUT2D eigenvalue weighted by molar-refractivity contribution is -0.116. The van der Waals surface area contributed by atoms with Gasteiger partial charge in [-0.15, -0.1) is 5.10 Å². The highest BCUT2D eigenvalue weighted by molar-refractivity contribution is 5.91. The number of ether oxygens (including phenoxy) is 2. The number of carbonyl (C=O) groups excluding carboxylic acids is 1. The number of nitrogens with one attached hydrogen (secondary N) is 1. The van der Waals surface area contributed by atoms with Gasteiger partial charge in [0.15, 0.2) is 17.3 Å². The van der Waals surface area contributed by atoms with E-state index >= 15 is 0 Å². The molecule has 2 aromatic rings. The van der Waals surface area contributed by atoms with Crippen LogP contribution in [0.5, 0.6) is 11.5 Å². The first kappa shape index (κ1) is 18.9. The summed E-state index contributed by atoms with van der Waals surface area (Å²) in [5.41, 5.74) is 0.842. The van der Waals surface area contributed by atoms with E-state index in [2.05, 4.69) is 20.8 Å². The SMILES string of the molecule is COc1ccc(/C=C\C(=O)NCc2nnnn2C2CCCCC2)cc1OC. The van der Waals surface area contributed by atoms with Crippen molar-refractivity contribution in [2.75, 3.05) is 14.2 Å². The fraction of sp³-hybridized carbons (Fsp3) is 0.474. The van der Waals surface area contributed by atoms with Crippen molar-refractivity contribution >= 4 is 12.0 Å². The van der Waals surface area contributed by atoms with E-state index in [4.69, 9.17) is 9.47 Å². The third-order valence-corrected chi connectivity index (χ3v) is 4.74. The zero-order valence-corrected chi connectivity index (χ0v) is 15.7. The van der Waals surface area contributed by atoms with Crippen LogP contribution < -0.4 is 14.8 Å². The highest BCUT2D eigenvalue weighted by Gasteiger charge is 2.19. The van der Waals surface area contributed by atoms with Crippen LogP contribution in [0.25, 0.3) is 6.08 Å². The van der Waals surface area contributed by atoms with Crippen LogP contribution in [0.1, 0.15) is 49.5 Å². The van der Waals surface area contributed by atoms with Crippen LogP contribution in [-0.2, 0) is 11.3 Å². The third-order valence-electron chi connectivity index (χ3n) is 4.74. The monoisotopic (exact) mass is 371 g/mol. The number of aromatic nitrogens is 4. The Kier molecular flexibility index (Phi) is 6.40. The van der Waals surface area contributed by atoms with Gasteiger partial charge in [-0.05, 0) is 47.0 Å². The standard InChI is InChI=1S/C19H25N5O3/c1-26-16-10-8-14(12-17(16)27-2)9-11-19(25)20-13-18-21-22-23-24(18)15-6-4-3-5-7-15/h8-12,15H,3-7,13H2,1-2H3,(H,20,25)/b11-9-. The Morgan fingerprint density at radius 1 is 1.22 bits per heavy atom. The van der Waals surface area contributed by atoms with Gasteiger partial charge >= 0.3 is 0 Å². The minimum atomic E-state index is -0.206.